The van der Waals surface area contributed by atoms with E-state index in [-0.39, 0.29) is 6.03 Å². The van der Waals surface area contributed by atoms with Gasteiger partial charge < -0.3 is 35.1 Å². The van der Waals surface area contributed by atoms with Gasteiger partial charge in [-0.1, -0.05) is 17.4 Å². The predicted octanol–water partition coefficient (Wildman–Crippen LogP) is 5.89. The first-order valence-electron chi connectivity index (χ1n) is 12.8. The Bertz CT molecular complexity index is 1710. The Morgan fingerprint density at radius 1 is 0.927 bits per heavy atom. The third-order valence-corrected chi connectivity index (χ3v) is 7.13. The van der Waals surface area contributed by atoms with E-state index in [4.69, 9.17) is 19.2 Å². The molecule has 41 heavy (non-hydrogen) atoms. The Labute approximate surface area is 241 Å². The van der Waals surface area contributed by atoms with E-state index in [1.54, 1.807) is 14.2 Å². The van der Waals surface area contributed by atoms with Crippen molar-refractivity contribution < 1.29 is 19.0 Å². The molecule has 5 aromatic rings. The number of carbonyl (C=O) groups excluding carboxylic acids is 1. The number of thiazole rings is 1. The number of hydrogen-bond acceptors (Lipinski definition) is 10. The smallest absolute Gasteiger partial charge is 0.323 e. The Balaban J connectivity index is 1.33. The Morgan fingerprint density at radius 2 is 1.76 bits per heavy atom. The summed E-state index contributed by atoms with van der Waals surface area (Å²) in [5.74, 6) is 2.39. The number of methoxy groups -OCH3 is 2. The number of nitrogens with one attached hydrogen (secondary N) is 3. The number of nitrogens with zero attached hydrogens (tertiary/aromatic N) is 4. The summed E-state index contributed by atoms with van der Waals surface area (Å²) in [5, 5.41) is 10.5. The molecular formula is C29H31N7O4S. The minimum atomic E-state index is -0.373. The molecule has 0 aliphatic rings. The second-order valence-corrected chi connectivity index (χ2v) is 10.5. The molecule has 2 amide bonds. The van der Waals surface area contributed by atoms with E-state index in [9.17, 15) is 4.79 Å². The number of fused-ring (bicyclic) bond motifs is 2. The minimum Gasteiger partial charge on any atom is -0.495 e. The highest BCUT2D eigenvalue weighted by Crippen LogP contribution is 2.36. The lowest BCUT2D eigenvalue weighted by Crippen LogP contribution is -2.19. The van der Waals surface area contributed by atoms with Crippen molar-refractivity contribution in [2.24, 2.45) is 0 Å². The molecule has 0 bridgehead atoms. The summed E-state index contributed by atoms with van der Waals surface area (Å²) in [4.78, 5) is 28.3. The highest BCUT2D eigenvalue weighted by molar-refractivity contribution is 7.22. The first kappa shape index (κ1) is 27.9. The lowest BCUT2D eigenvalue weighted by Gasteiger charge is -2.15. The third-order valence-electron chi connectivity index (χ3n) is 6.19. The van der Waals surface area contributed by atoms with Crippen LogP contribution in [-0.4, -0.2) is 67.3 Å². The van der Waals surface area contributed by atoms with Crippen LogP contribution in [0.5, 0.6) is 17.2 Å². The number of hydrogen-bond donors (Lipinski definition) is 3. The third kappa shape index (κ3) is 6.56. The van der Waals surface area contributed by atoms with Crippen molar-refractivity contribution in [1.82, 2.24) is 19.9 Å². The van der Waals surface area contributed by atoms with Crippen LogP contribution in [-0.2, 0) is 0 Å². The Hall–Kier alpha value is -4.68. The summed E-state index contributed by atoms with van der Waals surface area (Å²) in [7, 11) is 7.16. The molecule has 212 valence electrons. The van der Waals surface area contributed by atoms with Crippen LogP contribution in [0.4, 0.5) is 27.1 Å². The van der Waals surface area contributed by atoms with Gasteiger partial charge in [-0.3, -0.25) is 0 Å². The number of ether oxygens (including phenoxy) is 3. The first-order valence-corrected chi connectivity index (χ1v) is 13.6. The number of aryl methyl sites for hydroxylation is 1. The maximum atomic E-state index is 12.7. The van der Waals surface area contributed by atoms with Gasteiger partial charge >= 0.3 is 6.03 Å². The molecule has 0 saturated carbocycles. The van der Waals surface area contributed by atoms with Crippen molar-refractivity contribution in [3.63, 3.8) is 0 Å². The van der Waals surface area contributed by atoms with Crippen LogP contribution in [0.1, 0.15) is 5.56 Å². The molecular weight excluding hydrogens is 542 g/mol. The van der Waals surface area contributed by atoms with E-state index in [0.717, 1.165) is 27.7 Å². The van der Waals surface area contributed by atoms with Crippen LogP contribution in [0.25, 0.3) is 21.1 Å². The van der Waals surface area contributed by atoms with E-state index in [1.807, 2.05) is 74.4 Å². The van der Waals surface area contributed by atoms with Crippen LogP contribution in [0.2, 0.25) is 0 Å². The van der Waals surface area contributed by atoms with Crippen molar-refractivity contribution in [2.75, 3.05) is 57.4 Å². The first-order chi connectivity index (χ1) is 19.8. The summed E-state index contributed by atoms with van der Waals surface area (Å²) in [5.41, 5.74) is 3.74. The normalized spacial score (nSPS) is 11.1. The predicted molar refractivity (Wildman–Crippen MR) is 163 cm³/mol. The maximum absolute atomic E-state index is 12.7. The van der Waals surface area contributed by atoms with E-state index < -0.39 is 0 Å². The number of carbonyl (C=O) groups is 1. The number of rotatable bonds is 10. The summed E-state index contributed by atoms with van der Waals surface area (Å²) in [6.45, 7) is 3.25. The van der Waals surface area contributed by atoms with Crippen LogP contribution < -0.4 is 30.2 Å². The molecule has 12 heteroatoms. The summed E-state index contributed by atoms with van der Waals surface area (Å²) in [6.07, 6.45) is 1.50. The molecule has 2 heterocycles. The van der Waals surface area contributed by atoms with Gasteiger partial charge in [-0.2, -0.15) is 0 Å². The van der Waals surface area contributed by atoms with Gasteiger partial charge in [-0.05, 0) is 63.0 Å². The van der Waals surface area contributed by atoms with Crippen molar-refractivity contribution in [1.29, 1.82) is 0 Å². The second-order valence-electron chi connectivity index (χ2n) is 9.50. The number of urea groups is 1. The van der Waals surface area contributed by atoms with Gasteiger partial charge in [0.05, 0.1) is 35.6 Å². The molecule has 0 fully saturated rings. The van der Waals surface area contributed by atoms with Crippen LogP contribution in [0, 0.1) is 6.92 Å². The van der Waals surface area contributed by atoms with Crippen LogP contribution in [0.15, 0.2) is 54.9 Å². The molecule has 0 saturated heterocycles. The fourth-order valence-corrected chi connectivity index (χ4v) is 5.04. The molecule has 0 aliphatic carbocycles. The molecule has 3 N–H and O–H groups in total. The lowest BCUT2D eigenvalue weighted by atomic mass is 10.2. The molecule has 3 aromatic carbocycles. The van der Waals surface area contributed by atoms with Crippen LogP contribution >= 0.6 is 11.3 Å². The van der Waals surface area contributed by atoms with Gasteiger partial charge in [0.15, 0.2) is 16.6 Å². The zero-order chi connectivity index (χ0) is 28.9. The number of likely N-dealkylation sites (N-methyl/N-ethyl adjacent to an activating group) is 1. The van der Waals surface area contributed by atoms with Crippen LogP contribution in [0.3, 0.4) is 0 Å². The lowest BCUT2D eigenvalue weighted by molar-refractivity contribution is 0.251. The molecule has 0 atom stereocenters. The van der Waals surface area contributed by atoms with Crippen molar-refractivity contribution in [3.8, 4) is 17.2 Å². The standard InChI is InChI=1S/C29H31N7O4S/c1-17-6-9-23(38-4)22(12-17)33-28(37)32-18-7-8-20-26(13-18)41-29(34-20)35-27-19-14-24(39-5)25(40-11-10-36(2)3)15-21(19)30-16-31-27/h6-9,12-16H,10-11H2,1-5H3,(H2,32,33,37)(H,30,31,34,35). The fraction of sp³-hybridized carbons (Fsp3) is 0.241. The summed E-state index contributed by atoms with van der Waals surface area (Å²) in [6, 6.07) is 14.5. The van der Waals surface area contributed by atoms with Crippen molar-refractivity contribution in [2.45, 2.75) is 6.92 Å². The quantitative estimate of drug-likeness (QED) is 0.188. The molecule has 0 radical (unpaired) electrons. The van der Waals surface area contributed by atoms with Gasteiger partial charge in [-0.15, -0.1) is 0 Å². The average Bonchev–Trinajstić information content (AvgIpc) is 3.34. The molecule has 2 aromatic heterocycles. The topological polar surface area (TPSA) is 123 Å². The van der Waals surface area contributed by atoms with Gasteiger partial charge in [0.1, 0.15) is 24.5 Å². The largest absolute Gasteiger partial charge is 0.495 e. The average molecular weight is 574 g/mol. The number of anilines is 4. The molecule has 11 nitrogen and oxygen atoms in total. The van der Waals surface area contributed by atoms with Gasteiger partial charge in [0, 0.05) is 23.7 Å². The van der Waals surface area contributed by atoms with E-state index in [1.165, 1.54) is 17.7 Å². The fourth-order valence-electron chi connectivity index (χ4n) is 4.14. The van der Waals surface area contributed by atoms with E-state index >= 15 is 0 Å². The molecule has 0 aliphatic heterocycles. The van der Waals surface area contributed by atoms with E-state index in [2.05, 4.69) is 25.9 Å². The number of benzene rings is 3. The van der Waals surface area contributed by atoms with Gasteiger partial charge in [0.25, 0.3) is 0 Å². The SMILES string of the molecule is COc1ccc(C)cc1NC(=O)Nc1ccc2nc(Nc3ncnc4cc(OCCN(C)C)c(OC)cc34)sc2c1. The zero-order valence-electron chi connectivity index (χ0n) is 23.4. The minimum absolute atomic E-state index is 0.373. The van der Waals surface area contributed by atoms with Gasteiger partial charge in [0.2, 0.25) is 0 Å². The highest BCUT2D eigenvalue weighted by atomic mass is 32.1. The maximum Gasteiger partial charge on any atom is 0.323 e. The Morgan fingerprint density at radius 3 is 2.54 bits per heavy atom. The number of aromatic nitrogens is 3. The molecule has 0 unspecified atom stereocenters. The Kier molecular flexibility index (Phi) is 8.31. The van der Waals surface area contributed by atoms with Crippen molar-refractivity contribution >= 4 is 60.8 Å². The number of amides is 2. The highest BCUT2D eigenvalue weighted by Gasteiger charge is 2.14. The van der Waals surface area contributed by atoms with Crippen molar-refractivity contribution in [3.05, 3.63) is 60.4 Å². The second kappa shape index (κ2) is 12.2. The molecule has 5 rings (SSSR count). The van der Waals surface area contributed by atoms with E-state index in [0.29, 0.717) is 51.7 Å². The summed E-state index contributed by atoms with van der Waals surface area (Å²) >= 11 is 1.45. The summed E-state index contributed by atoms with van der Waals surface area (Å²) < 4.78 is 17.8. The zero-order valence-corrected chi connectivity index (χ0v) is 24.3. The van der Waals surface area contributed by atoms with Gasteiger partial charge in [-0.25, -0.2) is 19.7 Å². The molecule has 0 spiro atoms. The monoisotopic (exact) mass is 573 g/mol.